The highest BCUT2D eigenvalue weighted by Gasteiger charge is 2.10. The predicted molar refractivity (Wildman–Crippen MR) is 84.5 cm³/mol. The number of benzene rings is 2. The van der Waals surface area contributed by atoms with Crippen molar-refractivity contribution >= 4 is 11.6 Å². The molecule has 112 valence electrons. The first-order valence-corrected chi connectivity index (χ1v) is 7.35. The largest absolute Gasteiger partial charge is 0.455 e. The molecular formula is C17H19ClFNO. The molecule has 21 heavy (non-hydrogen) atoms. The zero-order valence-corrected chi connectivity index (χ0v) is 13.0. The minimum atomic E-state index is -0.334. The van der Waals surface area contributed by atoms with Crippen LogP contribution in [0.4, 0.5) is 4.39 Å². The van der Waals surface area contributed by atoms with E-state index in [4.69, 9.17) is 16.3 Å². The number of hydrogen-bond acceptors (Lipinski definition) is 2. The first kappa shape index (κ1) is 15.8. The van der Waals surface area contributed by atoms with Gasteiger partial charge in [-0.3, -0.25) is 0 Å². The molecule has 0 fully saturated rings. The Bertz CT molecular complexity index is 601. The maximum atomic E-state index is 13.2. The topological polar surface area (TPSA) is 21.3 Å². The fraction of sp³-hybridized carbons (Fsp3) is 0.294. The Morgan fingerprint density at radius 1 is 1.19 bits per heavy atom. The molecule has 2 nitrogen and oxygen atoms in total. The van der Waals surface area contributed by atoms with Gasteiger partial charge in [0.25, 0.3) is 0 Å². The van der Waals surface area contributed by atoms with Crippen LogP contribution in [0.1, 0.15) is 19.4 Å². The van der Waals surface area contributed by atoms with Crippen LogP contribution in [0.15, 0.2) is 42.5 Å². The fourth-order valence-electron chi connectivity index (χ4n) is 1.95. The van der Waals surface area contributed by atoms with Crippen LogP contribution in [0, 0.1) is 11.7 Å². The molecule has 2 rings (SSSR count). The normalized spacial score (nSPS) is 10.9. The van der Waals surface area contributed by atoms with Gasteiger partial charge in [-0.15, -0.1) is 0 Å². The quantitative estimate of drug-likeness (QED) is 0.809. The van der Waals surface area contributed by atoms with Crippen LogP contribution < -0.4 is 10.1 Å². The van der Waals surface area contributed by atoms with Gasteiger partial charge >= 0.3 is 0 Å². The second-order valence-electron chi connectivity index (χ2n) is 5.31. The van der Waals surface area contributed by atoms with Crippen molar-refractivity contribution in [3.63, 3.8) is 0 Å². The van der Waals surface area contributed by atoms with E-state index in [1.165, 1.54) is 12.1 Å². The van der Waals surface area contributed by atoms with Crippen molar-refractivity contribution in [3.8, 4) is 11.5 Å². The van der Waals surface area contributed by atoms with Crippen LogP contribution in [0.5, 0.6) is 11.5 Å². The molecule has 1 N–H and O–H groups in total. The van der Waals surface area contributed by atoms with Crippen LogP contribution in [0.25, 0.3) is 0 Å². The first-order chi connectivity index (χ1) is 10.1. The molecule has 0 radical (unpaired) electrons. The number of rotatable bonds is 6. The molecule has 0 amide bonds. The van der Waals surface area contributed by atoms with Gasteiger partial charge in [0.2, 0.25) is 0 Å². The molecule has 0 aliphatic carbocycles. The standard InChI is InChI=1S/C17H19ClFNO/c1-12(2)10-20-11-13-5-3-8-16(18)17(13)21-15-7-4-6-14(19)9-15/h3-9,12,20H,10-11H2,1-2H3. The molecule has 0 aromatic heterocycles. The van der Waals surface area contributed by atoms with Gasteiger partial charge < -0.3 is 10.1 Å². The van der Waals surface area contributed by atoms with E-state index in [2.05, 4.69) is 19.2 Å². The van der Waals surface area contributed by atoms with Crippen molar-refractivity contribution in [2.75, 3.05) is 6.54 Å². The summed E-state index contributed by atoms with van der Waals surface area (Å²) in [4.78, 5) is 0. The lowest BCUT2D eigenvalue weighted by atomic mass is 10.1. The summed E-state index contributed by atoms with van der Waals surface area (Å²) >= 11 is 6.21. The zero-order chi connectivity index (χ0) is 15.2. The van der Waals surface area contributed by atoms with E-state index in [1.54, 1.807) is 18.2 Å². The van der Waals surface area contributed by atoms with E-state index in [-0.39, 0.29) is 5.82 Å². The highest BCUT2D eigenvalue weighted by molar-refractivity contribution is 6.32. The summed E-state index contributed by atoms with van der Waals surface area (Å²) in [6.07, 6.45) is 0. The van der Waals surface area contributed by atoms with Gasteiger partial charge in [0.15, 0.2) is 0 Å². The van der Waals surface area contributed by atoms with E-state index < -0.39 is 0 Å². The Labute approximate surface area is 129 Å². The summed E-state index contributed by atoms with van der Waals surface area (Å²) < 4.78 is 19.0. The second kappa shape index (κ2) is 7.43. The summed E-state index contributed by atoms with van der Waals surface area (Å²) in [6, 6.07) is 11.6. The van der Waals surface area contributed by atoms with E-state index in [0.717, 1.165) is 12.1 Å². The van der Waals surface area contributed by atoms with Crippen molar-refractivity contribution in [2.24, 2.45) is 5.92 Å². The van der Waals surface area contributed by atoms with Crippen LogP contribution in [-0.4, -0.2) is 6.54 Å². The minimum Gasteiger partial charge on any atom is -0.455 e. The maximum Gasteiger partial charge on any atom is 0.150 e. The molecule has 2 aromatic carbocycles. The van der Waals surface area contributed by atoms with E-state index in [1.807, 2.05) is 12.1 Å². The van der Waals surface area contributed by atoms with Gasteiger partial charge in [0, 0.05) is 18.2 Å². The van der Waals surface area contributed by atoms with Crippen molar-refractivity contribution in [2.45, 2.75) is 20.4 Å². The predicted octanol–water partition coefficient (Wildman–Crippen LogP) is 5.02. The third kappa shape index (κ3) is 4.73. The SMILES string of the molecule is CC(C)CNCc1cccc(Cl)c1Oc1cccc(F)c1. The molecular weight excluding hydrogens is 289 g/mol. The van der Waals surface area contributed by atoms with Crippen molar-refractivity contribution in [1.82, 2.24) is 5.32 Å². The molecule has 0 heterocycles. The third-order valence-corrected chi connectivity index (χ3v) is 3.23. The number of nitrogens with one attached hydrogen (secondary N) is 1. The molecule has 0 aliphatic rings. The zero-order valence-electron chi connectivity index (χ0n) is 12.2. The monoisotopic (exact) mass is 307 g/mol. The Balaban J connectivity index is 2.17. The summed E-state index contributed by atoms with van der Waals surface area (Å²) in [6.45, 7) is 5.86. The van der Waals surface area contributed by atoms with Gasteiger partial charge in [-0.1, -0.05) is 43.6 Å². The molecule has 4 heteroatoms. The summed E-state index contributed by atoms with van der Waals surface area (Å²) in [5, 5.41) is 3.87. The fourth-order valence-corrected chi connectivity index (χ4v) is 2.18. The van der Waals surface area contributed by atoms with Crippen LogP contribution >= 0.6 is 11.6 Å². The Hall–Kier alpha value is -1.58. The lowest BCUT2D eigenvalue weighted by Gasteiger charge is -2.14. The van der Waals surface area contributed by atoms with Crippen LogP contribution in [-0.2, 0) is 6.54 Å². The average molecular weight is 308 g/mol. The molecule has 0 bridgehead atoms. The second-order valence-corrected chi connectivity index (χ2v) is 5.72. The van der Waals surface area contributed by atoms with Gasteiger partial charge in [0.05, 0.1) is 5.02 Å². The van der Waals surface area contributed by atoms with E-state index in [9.17, 15) is 4.39 Å². The van der Waals surface area contributed by atoms with Crippen LogP contribution in [0.3, 0.4) is 0 Å². The number of halogens is 2. The first-order valence-electron chi connectivity index (χ1n) is 6.98. The smallest absolute Gasteiger partial charge is 0.150 e. The van der Waals surface area contributed by atoms with Crippen LogP contribution in [0.2, 0.25) is 5.02 Å². The highest BCUT2D eigenvalue weighted by atomic mass is 35.5. The molecule has 0 spiro atoms. The summed E-state index contributed by atoms with van der Waals surface area (Å²) in [5.41, 5.74) is 0.951. The third-order valence-electron chi connectivity index (χ3n) is 2.93. The van der Waals surface area contributed by atoms with Crippen molar-refractivity contribution in [3.05, 3.63) is 58.9 Å². The summed E-state index contributed by atoms with van der Waals surface area (Å²) in [5.74, 6) is 1.24. The van der Waals surface area contributed by atoms with E-state index >= 15 is 0 Å². The summed E-state index contributed by atoms with van der Waals surface area (Å²) in [7, 11) is 0. The lowest BCUT2D eigenvalue weighted by molar-refractivity contribution is 0.464. The van der Waals surface area contributed by atoms with Gasteiger partial charge in [-0.05, 0) is 30.7 Å². The van der Waals surface area contributed by atoms with Crippen molar-refractivity contribution in [1.29, 1.82) is 0 Å². The molecule has 0 saturated carbocycles. The molecule has 0 unspecified atom stereocenters. The molecule has 0 saturated heterocycles. The maximum absolute atomic E-state index is 13.2. The number of hydrogen-bond donors (Lipinski definition) is 1. The van der Waals surface area contributed by atoms with E-state index in [0.29, 0.717) is 29.0 Å². The molecule has 0 aliphatic heterocycles. The Morgan fingerprint density at radius 3 is 2.67 bits per heavy atom. The number of para-hydroxylation sites is 1. The lowest BCUT2D eigenvalue weighted by Crippen LogP contribution is -2.19. The average Bonchev–Trinajstić information content (AvgIpc) is 2.42. The minimum absolute atomic E-state index is 0.334. The van der Waals surface area contributed by atoms with Gasteiger partial charge in [-0.2, -0.15) is 0 Å². The Morgan fingerprint density at radius 2 is 1.95 bits per heavy atom. The van der Waals surface area contributed by atoms with Gasteiger partial charge in [0.1, 0.15) is 17.3 Å². The van der Waals surface area contributed by atoms with Crippen molar-refractivity contribution < 1.29 is 9.13 Å². The molecule has 2 aromatic rings. The molecule has 0 atom stereocenters. The Kier molecular flexibility index (Phi) is 5.59. The highest BCUT2D eigenvalue weighted by Crippen LogP contribution is 2.33. The van der Waals surface area contributed by atoms with Gasteiger partial charge in [-0.25, -0.2) is 4.39 Å². The number of ether oxygens (including phenoxy) is 1.